The normalized spacial score (nSPS) is 11.3. The quantitative estimate of drug-likeness (QED) is 0.690. The first-order chi connectivity index (χ1) is 11.6. The van der Waals surface area contributed by atoms with Crippen molar-refractivity contribution < 1.29 is 9.53 Å². The minimum Gasteiger partial charge on any atom is -0.497 e. The third-order valence-electron chi connectivity index (χ3n) is 3.76. The van der Waals surface area contributed by atoms with Crippen molar-refractivity contribution in [3.05, 3.63) is 60.0 Å². The standard InChI is InChI=1S/C19H15N3O2/c1-13(23)22-12-18(17-9-16(24-2)5-6-19(17)22)15(10-20)8-14-4-3-7-21-11-14/h3-9,11-12H,1-2H3/b15-8+. The van der Waals surface area contributed by atoms with E-state index in [1.165, 1.54) is 6.92 Å². The maximum absolute atomic E-state index is 11.9. The molecule has 0 atom stereocenters. The number of ether oxygens (including phenoxy) is 1. The van der Waals surface area contributed by atoms with Crippen LogP contribution in [-0.2, 0) is 0 Å². The summed E-state index contributed by atoms with van der Waals surface area (Å²) in [4.78, 5) is 16.0. The van der Waals surface area contributed by atoms with E-state index in [1.807, 2.05) is 24.3 Å². The molecule has 0 aliphatic rings. The fourth-order valence-corrected chi connectivity index (χ4v) is 2.61. The molecular formula is C19H15N3O2. The Morgan fingerprint density at radius 2 is 2.21 bits per heavy atom. The van der Waals surface area contributed by atoms with Gasteiger partial charge in [-0.2, -0.15) is 5.26 Å². The third-order valence-corrected chi connectivity index (χ3v) is 3.76. The van der Waals surface area contributed by atoms with Gasteiger partial charge in [0.25, 0.3) is 0 Å². The molecule has 3 aromatic rings. The van der Waals surface area contributed by atoms with E-state index in [0.29, 0.717) is 16.9 Å². The average Bonchev–Trinajstić information content (AvgIpc) is 2.99. The van der Waals surface area contributed by atoms with Crippen LogP contribution in [0.15, 0.2) is 48.9 Å². The molecule has 0 unspecified atom stereocenters. The molecule has 0 aliphatic heterocycles. The van der Waals surface area contributed by atoms with Crippen LogP contribution in [0.4, 0.5) is 0 Å². The van der Waals surface area contributed by atoms with E-state index in [9.17, 15) is 10.1 Å². The highest BCUT2D eigenvalue weighted by Gasteiger charge is 2.15. The summed E-state index contributed by atoms with van der Waals surface area (Å²) in [7, 11) is 1.58. The number of hydrogen-bond donors (Lipinski definition) is 0. The number of carbonyl (C=O) groups is 1. The highest BCUT2D eigenvalue weighted by molar-refractivity contribution is 6.04. The molecule has 2 aromatic heterocycles. The van der Waals surface area contributed by atoms with Crippen molar-refractivity contribution in [1.29, 1.82) is 5.26 Å². The number of carbonyl (C=O) groups excluding carboxylic acids is 1. The Labute approximate surface area is 139 Å². The maximum Gasteiger partial charge on any atom is 0.227 e. The third kappa shape index (κ3) is 2.77. The second-order valence-electron chi connectivity index (χ2n) is 5.27. The molecule has 0 aliphatic carbocycles. The topological polar surface area (TPSA) is 67.9 Å². The van der Waals surface area contributed by atoms with Gasteiger partial charge in [0.1, 0.15) is 5.75 Å². The Morgan fingerprint density at radius 3 is 2.83 bits per heavy atom. The molecular weight excluding hydrogens is 302 g/mol. The first kappa shape index (κ1) is 15.5. The van der Waals surface area contributed by atoms with Crippen molar-refractivity contribution in [2.45, 2.75) is 6.92 Å². The molecule has 2 heterocycles. The summed E-state index contributed by atoms with van der Waals surface area (Å²) in [5, 5.41) is 10.4. The molecule has 0 spiro atoms. The number of nitrogens with zero attached hydrogens (tertiary/aromatic N) is 3. The lowest BCUT2D eigenvalue weighted by molar-refractivity contribution is 0.0941. The predicted molar refractivity (Wildman–Crippen MR) is 92.5 cm³/mol. The number of benzene rings is 1. The molecule has 3 rings (SSSR count). The van der Waals surface area contributed by atoms with Crippen molar-refractivity contribution in [2.24, 2.45) is 0 Å². The first-order valence-electron chi connectivity index (χ1n) is 7.36. The van der Waals surface area contributed by atoms with Gasteiger partial charge in [0.15, 0.2) is 0 Å². The summed E-state index contributed by atoms with van der Waals surface area (Å²) >= 11 is 0. The zero-order valence-electron chi connectivity index (χ0n) is 13.4. The van der Waals surface area contributed by atoms with Crippen LogP contribution in [-0.4, -0.2) is 22.6 Å². The Morgan fingerprint density at radius 1 is 1.38 bits per heavy atom. The van der Waals surface area contributed by atoms with Crippen LogP contribution in [0.1, 0.15) is 22.8 Å². The number of methoxy groups -OCH3 is 1. The van der Waals surface area contributed by atoms with Gasteiger partial charge in [-0.25, -0.2) is 0 Å². The lowest BCUT2D eigenvalue weighted by atomic mass is 10.0. The Hall–Kier alpha value is -3.39. The molecule has 0 bridgehead atoms. The van der Waals surface area contributed by atoms with E-state index >= 15 is 0 Å². The lowest BCUT2D eigenvalue weighted by Gasteiger charge is -2.02. The molecule has 0 radical (unpaired) electrons. The molecule has 0 N–H and O–H groups in total. The van der Waals surface area contributed by atoms with Gasteiger partial charge in [0, 0.05) is 36.5 Å². The minimum atomic E-state index is -0.116. The summed E-state index contributed by atoms with van der Waals surface area (Å²) in [5.41, 5.74) is 2.71. The average molecular weight is 317 g/mol. The molecule has 24 heavy (non-hydrogen) atoms. The van der Waals surface area contributed by atoms with Crippen LogP contribution < -0.4 is 4.74 Å². The van der Waals surface area contributed by atoms with Crippen LogP contribution in [0.5, 0.6) is 5.75 Å². The number of allylic oxidation sites excluding steroid dienone is 1. The molecule has 118 valence electrons. The number of rotatable bonds is 3. The second kappa shape index (κ2) is 6.39. The van der Waals surface area contributed by atoms with Gasteiger partial charge in [-0.15, -0.1) is 0 Å². The van der Waals surface area contributed by atoms with Crippen molar-refractivity contribution >= 4 is 28.5 Å². The van der Waals surface area contributed by atoms with Crippen LogP contribution in [0.25, 0.3) is 22.6 Å². The molecule has 0 saturated heterocycles. The number of fused-ring (bicyclic) bond motifs is 1. The Kier molecular flexibility index (Phi) is 4.13. The van der Waals surface area contributed by atoms with Gasteiger partial charge < -0.3 is 4.74 Å². The number of pyridine rings is 1. The van der Waals surface area contributed by atoms with E-state index in [0.717, 1.165) is 16.5 Å². The van der Waals surface area contributed by atoms with Gasteiger partial charge >= 0.3 is 0 Å². The zero-order chi connectivity index (χ0) is 17.1. The van der Waals surface area contributed by atoms with Crippen LogP contribution in [0.3, 0.4) is 0 Å². The molecule has 0 amide bonds. The van der Waals surface area contributed by atoms with Gasteiger partial charge in [-0.3, -0.25) is 14.3 Å². The minimum absolute atomic E-state index is 0.116. The molecule has 1 aromatic carbocycles. The smallest absolute Gasteiger partial charge is 0.227 e. The SMILES string of the molecule is COc1ccc2c(c1)c(/C(C#N)=C/c1cccnc1)cn2C(C)=O. The molecule has 0 fully saturated rings. The number of hydrogen-bond acceptors (Lipinski definition) is 4. The summed E-state index contributed by atoms with van der Waals surface area (Å²) < 4.78 is 6.81. The highest BCUT2D eigenvalue weighted by Crippen LogP contribution is 2.31. The van der Waals surface area contributed by atoms with Crippen LogP contribution in [0, 0.1) is 11.3 Å². The van der Waals surface area contributed by atoms with E-state index in [1.54, 1.807) is 42.4 Å². The zero-order valence-corrected chi connectivity index (χ0v) is 13.4. The lowest BCUT2D eigenvalue weighted by Crippen LogP contribution is -2.02. The first-order valence-corrected chi connectivity index (χ1v) is 7.36. The van der Waals surface area contributed by atoms with E-state index in [4.69, 9.17) is 4.74 Å². The molecule has 5 heteroatoms. The van der Waals surface area contributed by atoms with Crippen molar-refractivity contribution in [3.63, 3.8) is 0 Å². The van der Waals surface area contributed by atoms with Gasteiger partial charge in [-0.1, -0.05) is 6.07 Å². The predicted octanol–water partition coefficient (Wildman–Crippen LogP) is 3.77. The summed E-state index contributed by atoms with van der Waals surface area (Å²) in [6.45, 7) is 1.49. The highest BCUT2D eigenvalue weighted by atomic mass is 16.5. The summed E-state index contributed by atoms with van der Waals surface area (Å²) in [6.07, 6.45) is 6.81. The van der Waals surface area contributed by atoms with E-state index in [-0.39, 0.29) is 5.91 Å². The number of aromatic nitrogens is 2. The monoisotopic (exact) mass is 317 g/mol. The second-order valence-corrected chi connectivity index (χ2v) is 5.27. The molecule has 5 nitrogen and oxygen atoms in total. The van der Waals surface area contributed by atoms with E-state index < -0.39 is 0 Å². The van der Waals surface area contributed by atoms with Gasteiger partial charge in [0.05, 0.1) is 24.3 Å². The fraction of sp³-hybridized carbons (Fsp3) is 0.105. The summed E-state index contributed by atoms with van der Waals surface area (Å²) in [6, 6.07) is 11.3. The molecule has 0 saturated carbocycles. The van der Waals surface area contributed by atoms with Crippen LogP contribution in [0.2, 0.25) is 0 Å². The van der Waals surface area contributed by atoms with Crippen molar-refractivity contribution in [3.8, 4) is 11.8 Å². The largest absolute Gasteiger partial charge is 0.497 e. The van der Waals surface area contributed by atoms with E-state index in [2.05, 4.69) is 11.1 Å². The van der Waals surface area contributed by atoms with Crippen molar-refractivity contribution in [1.82, 2.24) is 9.55 Å². The Balaban J connectivity index is 2.26. The summed E-state index contributed by atoms with van der Waals surface area (Å²) in [5.74, 6) is 0.554. The fourth-order valence-electron chi connectivity index (χ4n) is 2.61. The van der Waals surface area contributed by atoms with Gasteiger partial charge in [0.2, 0.25) is 5.91 Å². The Bertz CT molecular complexity index is 979. The van der Waals surface area contributed by atoms with Crippen LogP contribution >= 0.6 is 0 Å². The number of nitriles is 1. The van der Waals surface area contributed by atoms with Gasteiger partial charge in [-0.05, 0) is 35.9 Å². The van der Waals surface area contributed by atoms with Crippen molar-refractivity contribution in [2.75, 3.05) is 7.11 Å². The maximum atomic E-state index is 11.9.